The lowest BCUT2D eigenvalue weighted by Gasteiger charge is -2.16. The number of nitrogens with one attached hydrogen (secondary N) is 1. The summed E-state index contributed by atoms with van der Waals surface area (Å²) in [6.07, 6.45) is 0. The molecule has 1 N–H and O–H groups in total. The Morgan fingerprint density at radius 1 is 0.926 bits per heavy atom. The average Bonchev–Trinajstić information content (AvgIpc) is 3.05. The van der Waals surface area contributed by atoms with Gasteiger partial charge in [-0.05, 0) is 74.2 Å². The molecule has 0 unspecified atom stereocenters. The molecule has 3 aromatic rings. The van der Waals surface area contributed by atoms with E-state index in [4.69, 9.17) is 9.15 Å². The van der Waals surface area contributed by atoms with E-state index in [0.717, 1.165) is 22.3 Å². The van der Waals surface area contributed by atoms with E-state index in [9.17, 15) is 8.42 Å². The van der Waals surface area contributed by atoms with Crippen molar-refractivity contribution in [2.24, 2.45) is 0 Å². The third kappa shape index (κ3) is 4.34. The molecule has 3 rings (SSSR count). The first kappa shape index (κ1) is 19.0. The third-order valence-electron chi connectivity index (χ3n) is 4.47. The van der Waals surface area contributed by atoms with Crippen LogP contribution in [-0.4, -0.2) is 8.42 Å². The summed E-state index contributed by atoms with van der Waals surface area (Å²) in [6, 6.07) is 14.6. The van der Waals surface area contributed by atoms with E-state index in [1.807, 2.05) is 51.1 Å². The number of aryl methyl sites for hydroxylation is 4. The summed E-state index contributed by atoms with van der Waals surface area (Å²) < 4.78 is 39.1. The van der Waals surface area contributed by atoms with Gasteiger partial charge in [0.25, 0.3) is 10.0 Å². The lowest BCUT2D eigenvalue weighted by molar-refractivity contribution is 0.307. The van der Waals surface area contributed by atoms with Gasteiger partial charge in [-0.25, -0.2) is 0 Å². The maximum atomic E-state index is 12.6. The molecule has 0 amide bonds. The minimum absolute atomic E-state index is 0.122. The van der Waals surface area contributed by atoms with Crippen LogP contribution in [-0.2, 0) is 16.6 Å². The number of rotatable bonds is 6. The Kier molecular flexibility index (Phi) is 5.28. The molecule has 0 saturated carbocycles. The first-order valence-corrected chi connectivity index (χ1v) is 10.1. The molecule has 0 saturated heterocycles. The fourth-order valence-electron chi connectivity index (χ4n) is 2.67. The number of anilines is 1. The Bertz CT molecular complexity index is 1070. The van der Waals surface area contributed by atoms with Crippen LogP contribution in [0.3, 0.4) is 0 Å². The Labute approximate surface area is 160 Å². The molecular weight excluding hydrogens is 362 g/mol. The van der Waals surface area contributed by atoms with Gasteiger partial charge in [-0.2, -0.15) is 8.42 Å². The second-order valence-corrected chi connectivity index (χ2v) is 8.23. The number of hydrogen-bond acceptors (Lipinski definition) is 4. The fraction of sp³-hybridized carbons (Fsp3) is 0.238. The van der Waals surface area contributed by atoms with Crippen LogP contribution in [0.1, 0.15) is 28.0 Å². The van der Waals surface area contributed by atoms with Crippen molar-refractivity contribution in [2.75, 3.05) is 4.72 Å². The van der Waals surface area contributed by atoms with Crippen molar-refractivity contribution in [2.45, 2.75) is 39.4 Å². The SMILES string of the molecule is Cc1ccc(S(=O)(=O)Nc2cc(C)c(C)cc2OCc2ccccc2C)o1. The molecule has 1 heterocycles. The standard InChI is InChI=1S/C21H23NO4S/c1-14-7-5-6-8-18(14)13-25-20-12-16(3)15(2)11-19(20)22-27(23,24)21-10-9-17(4)26-21/h5-12,22H,13H2,1-4H3. The molecule has 142 valence electrons. The first-order valence-electron chi connectivity index (χ1n) is 8.64. The van der Waals surface area contributed by atoms with Crippen LogP contribution in [0, 0.1) is 27.7 Å². The van der Waals surface area contributed by atoms with Gasteiger partial charge in [-0.3, -0.25) is 4.72 Å². The number of ether oxygens (including phenoxy) is 1. The maximum absolute atomic E-state index is 12.6. The van der Waals surface area contributed by atoms with Crippen molar-refractivity contribution in [1.82, 2.24) is 0 Å². The Balaban J connectivity index is 1.90. The molecule has 1 aromatic heterocycles. The van der Waals surface area contributed by atoms with E-state index >= 15 is 0 Å². The van der Waals surface area contributed by atoms with Crippen LogP contribution in [0.4, 0.5) is 5.69 Å². The molecule has 0 aliphatic rings. The minimum Gasteiger partial charge on any atom is -0.487 e. The highest BCUT2D eigenvalue weighted by Gasteiger charge is 2.21. The van der Waals surface area contributed by atoms with Crippen LogP contribution in [0.15, 0.2) is 58.0 Å². The zero-order chi connectivity index (χ0) is 19.6. The molecular formula is C21H23NO4S. The predicted molar refractivity (Wildman–Crippen MR) is 106 cm³/mol. The Hall–Kier alpha value is -2.73. The number of hydrogen-bond donors (Lipinski definition) is 1. The predicted octanol–water partition coefficient (Wildman–Crippen LogP) is 4.89. The van der Waals surface area contributed by atoms with E-state index in [0.29, 0.717) is 23.8 Å². The molecule has 6 heteroatoms. The van der Waals surface area contributed by atoms with Crippen LogP contribution < -0.4 is 9.46 Å². The molecule has 0 atom stereocenters. The zero-order valence-electron chi connectivity index (χ0n) is 15.9. The van der Waals surface area contributed by atoms with Crippen molar-refractivity contribution >= 4 is 15.7 Å². The van der Waals surface area contributed by atoms with Gasteiger partial charge < -0.3 is 9.15 Å². The number of benzene rings is 2. The topological polar surface area (TPSA) is 68.5 Å². The molecule has 0 spiro atoms. The molecule has 5 nitrogen and oxygen atoms in total. The summed E-state index contributed by atoms with van der Waals surface area (Å²) >= 11 is 0. The molecule has 2 aromatic carbocycles. The lowest BCUT2D eigenvalue weighted by atomic mass is 10.1. The van der Waals surface area contributed by atoms with Crippen LogP contribution >= 0.6 is 0 Å². The monoisotopic (exact) mass is 385 g/mol. The second kappa shape index (κ2) is 7.48. The summed E-state index contributed by atoms with van der Waals surface area (Å²) in [6.45, 7) is 7.96. The van der Waals surface area contributed by atoms with Crippen molar-refractivity contribution in [3.63, 3.8) is 0 Å². The van der Waals surface area contributed by atoms with Gasteiger partial charge in [0.1, 0.15) is 18.1 Å². The molecule has 27 heavy (non-hydrogen) atoms. The zero-order valence-corrected chi connectivity index (χ0v) is 16.7. The van der Waals surface area contributed by atoms with E-state index in [1.54, 1.807) is 19.1 Å². The highest BCUT2D eigenvalue weighted by molar-refractivity contribution is 7.92. The summed E-state index contributed by atoms with van der Waals surface area (Å²) in [4.78, 5) is 0. The molecule has 0 fully saturated rings. The van der Waals surface area contributed by atoms with Gasteiger partial charge in [0, 0.05) is 0 Å². The summed E-state index contributed by atoms with van der Waals surface area (Å²) in [5, 5.41) is -0.122. The average molecular weight is 385 g/mol. The summed E-state index contributed by atoms with van der Waals surface area (Å²) in [7, 11) is -3.83. The van der Waals surface area contributed by atoms with Crippen LogP contribution in [0.25, 0.3) is 0 Å². The normalized spacial score (nSPS) is 11.4. The second-order valence-electron chi connectivity index (χ2n) is 6.62. The van der Waals surface area contributed by atoms with Crippen LogP contribution in [0.2, 0.25) is 0 Å². The largest absolute Gasteiger partial charge is 0.487 e. The van der Waals surface area contributed by atoms with Crippen molar-refractivity contribution in [3.8, 4) is 5.75 Å². The van der Waals surface area contributed by atoms with Gasteiger partial charge in [-0.1, -0.05) is 24.3 Å². The van der Waals surface area contributed by atoms with Gasteiger partial charge >= 0.3 is 0 Å². The fourth-order valence-corrected chi connectivity index (χ4v) is 3.71. The Morgan fingerprint density at radius 2 is 1.63 bits per heavy atom. The number of sulfonamides is 1. The van der Waals surface area contributed by atoms with Gasteiger partial charge in [0.2, 0.25) is 5.09 Å². The maximum Gasteiger partial charge on any atom is 0.295 e. The van der Waals surface area contributed by atoms with Gasteiger partial charge in [0.15, 0.2) is 0 Å². The van der Waals surface area contributed by atoms with Crippen LogP contribution in [0.5, 0.6) is 5.75 Å². The third-order valence-corrected chi connectivity index (χ3v) is 5.70. The van der Waals surface area contributed by atoms with Crippen molar-refractivity contribution < 1.29 is 17.6 Å². The quantitative estimate of drug-likeness (QED) is 0.656. The summed E-state index contributed by atoms with van der Waals surface area (Å²) in [5.41, 5.74) is 4.54. The first-order chi connectivity index (χ1) is 12.8. The highest BCUT2D eigenvalue weighted by Crippen LogP contribution is 2.31. The summed E-state index contributed by atoms with van der Waals surface area (Å²) in [5.74, 6) is 1.01. The Morgan fingerprint density at radius 3 is 2.30 bits per heavy atom. The molecule has 0 bridgehead atoms. The van der Waals surface area contributed by atoms with E-state index in [-0.39, 0.29) is 5.09 Å². The van der Waals surface area contributed by atoms with E-state index < -0.39 is 10.0 Å². The van der Waals surface area contributed by atoms with Crippen molar-refractivity contribution in [1.29, 1.82) is 0 Å². The smallest absolute Gasteiger partial charge is 0.295 e. The molecule has 0 aliphatic carbocycles. The molecule has 0 aliphatic heterocycles. The highest BCUT2D eigenvalue weighted by atomic mass is 32.2. The van der Waals surface area contributed by atoms with E-state index in [2.05, 4.69) is 4.72 Å². The molecule has 0 radical (unpaired) electrons. The van der Waals surface area contributed by atoms with Gasteiger partial charge in [0.05, 0.1) is 5.69 Å². The lowest BCUT2D eigenvalue weighted by Crippen LogP contribution is -2.13. The van der Waals surface area contributed by atoms with E-state index in [1.165, 1.54) is 6.07 Å². The van der Waals surface area contributed by atoms with Crippen molar-refractivity contribution in [3.05, 3.63) is 76.5 Å². The minimum atomic E-state index is -3.83. The number of furan rings is 1. The van der Waals surface area contributed by atoms with Gasteiger partial charge in [-0.15, -0.1) is 0 Å².